The number of nitrogens with one attached hydrogen (secondary N) is 2. The Hall–Kier alpha value is -3.25. The minimum absolute atomic E-state index is 0.0897. The van der Waals surface area contributed by atoms with Gasteiger partial charge in [0.2, 0.25) is 11.3 Å². The lowest BCUT2D eigenvalue weighted by molar-refractivity contribution is -0.384. The molecule has 32 heavy (non-hydrogen) atoms. The van der Waals surface area contributed by atoms with Gasteiger partial charge < -0.3 is 5.32 Å². The van der Waals surface area contributed by atoms with Gasteiger partial charge in [0.1, 0.15) is 5.02 Å². The summed E-state index contributed by atoms with van der Waals surface area (Å²) in [4.78, 5) is 19.0. The van der Waals surface area contributed by atoms with Crippen molar-refractivity contribution in [2.45, 2.75) is 0 Å². The summed E-state index contributed by atoms with van der Waals surface area (Å²) < 4.78 is 4.64. The van der Waals surface area contributed by atoms with E-state index >= 15 is 0 Å². The maximum Gasteiger partial charge on any atom is 0.288 e. The van der Waals surface area contributed by atoms with Gasteiger partial charge in [0.05, 0.1) is 26.2 Å². The summed E-state index contributed by atoms with van der Waals surface area (Å²) in [7, 11) is 0. The molecule has 0 aliphatic carbocycles. The second-order valence-electron chi connectivity index (χ2n) is 6.04. The minimum Gasteiger partial charge on any atom is -0.337 e. The van der Waals surface area contributed by atoms with Gasteiger partial charge in [-0.15, -0.1) is 0 Å². The molecule has 0 amide bonds. The normalized spacial score (nSPS) is 11.2. The molecule has 2 aromatic heterocycles. The van der Waals surface area contributed by atoms with E-state index in [4.69, 9.17) is 46.4 Å². The molecule has 0 radical (unpaired) electrons. The van der Waals surface area contributed by atoms with Crippen LogP contribution in [0.15, 0.2) is 40.1 Å². The highest BCUT2D eigenvalue weighted by atomic mass is 35.5. The molecule has 11 nitrogen and oxygen atoms in total. The van der Waals surface area contributed by atoms with Crippen LogP contribution in [-0.2, 0) is 0 Å². The third-order valence-corrected chi connectivity index (χ3v) is 5.30. The topological polar surface area (TPSA) is 144 Å². The lowest BCUT2D eigenvalue weighted by Gasteiger charge is -2.10. The second kappa shape index (κ2) is 9.09. The van der Waals surface area contributed by atoms with Gasteiger partial charge in [-0.25, -0.2) is 9.61 Å². The van der Waals surface area contributed by atoms with Gasteiger partial charge >= 0.3 is 0 Å². The number of benzene rings is 2. The van der Waals surface area contributed by atoms with E-state index in [2.05, 4.69) is 40.8 Å². The third kappa shape index (κ3) is 4.65. The molecule has 0 atom stereocenters. The summed E-state index contributed by atoms with van der Waals surface area (Å²) in [6, 6.07) is 7.34. The first kappa shape index (κ1) is 22.0. The lowest BCUT2D eigenvalue weighted by atomic mass is 10.2. The fraction of sp³-hybridized carbons (Fsp3) is 0. The molecule has 4 rings (SSSR count). The standard InChI is InChI=1S/C17H8Cl4N8O3/c18-9-2-1-8(4-11(9)20)23-14-15(25-17-16(24-14)27-32-28-17)26-22-6-7-3-13(29(30)31)12(21)5-10(7)19/h1-6H,(H,23,24,27)(H,25,26,28). The van der Waals surface area contributed by atoms with Crippen LogP contribution in [0.1, 0.15) is 5.56 Å². The fourth-order valence-corrected chi connectivity index (χ4v) is 3.27. The summed E-state index contributed by atoms with van der Waals surface area (Å²) in [5.74, 6) is 0.368. The molecular formula is C17H8Cl4N8O3. The van der Waals surface area contributed by atoms with Crippen LogP contribution in [0, 0.1) is 10.1 Å². The van der Waals surface area contributed by atoms with Crippen LogP contribution in [0.5, 0.6) is 0 Å². The number of aromatic nitrogens is 4. The molecule has 0 aliphatic heterocycles. The summed E-state index contributed by atoms with van der Waals surface area (Å²) in [5.41, 5.74) is 3.47. The van der Waals surface area contributed by atoms with Crippen molar-refractivity contribution in [3.8, 4) is 0 Å². The lowest BCUT2D eigenvalue weighted by Crippen LogP contribution is -2.03. The highest BCUT2D eigenvalue weighted by Crippen LogP contribution is 2.31. The van der Waals surface area contributed by atoms with Crippen molar-refractivity contribution in [3.05, 3.63) is 66.1 Å². The number of hydrogen-bond donors (Lipinski definition) is 2. The molecule has 0 saturated carbocycles. The van der Waals surface area contributed by atoms with Crippen LogP contribution < -0.4 is 10.7 Å². The van der Waals surface area contributed by atoms with Gasteiger partial charge in [0.25, 0.3) is 5.69 Å². The highest BCUT2D eigenvalue weighted by molar-refractivity contribution is 6.42. The number of nitro groups is 1. The molecule has 0 fully saturated rings. The number of anilines is 3. The van der Waals surface area contributed by atoms with Gasteiger partial charge in [-0.2, -0.15) is 10.1 Å². The van der Waals surface area contributed by atoms with Gasteiger partial charge in [-0.1, -0.05) is 46.4 Å². The van der Waals surface area contributed by atoms with Crippen molar-refractivity contribution < 1.29 is 9.55 Å². The van der Waals surface area contributed by atoms with Crippen LogP contribution in [0.2, 0.25) is 20.1 Å². The number of nitrogens with zero attached hydrogens (tertiary/aromatic N) is 6. The Morgan fingerprint density at radius 2 is 1.66 bits per heavy atom. The number of halogens is 4. The Kier molecular flexibility index (Phi) is 6.24. The quantitative estimate of drug-likeness (QED) is 0.187. The van der Waals surface area contributed by atoms with Crippen LogP contribution in [0.25, 0.3) is 11.3 Å². The predicted molar refractivity (Wildman–Crippen MR) is 121 cm³/mol. The molecular weight excluding hydrogens is 506 g/mol. The van der Waals surface area contributed by atoms with Gasteiger partial charge in [0.15, 0.2) is 11.6 Å². The number of rotatable bonds is 6. The zero-order chi connectivity index (χ0) is 22.8. The van der Waals surface area contributed by atoms with E-state index in [1.165, 1.54) is 18.3 Å². The Morgan fingerprint density at radius 3 is 2.34 bits per heavy atom. The molecule has 2 N–H and O–H groups in total. The minimum atomic E-state index is -0.625. The van der Waals surface area contributed by atoms with Crippen LogP contribution in [-0.4, -0.2) is 31.4 Å². The van der Waals surface area contributed by atoms with E-state index in [-0.39, 0.29) is 44.2 Å². The second-order valence-corrected chi connectivity index (χ2v) is 7.67. The maximum atomic E-state index is 11.1. The van der Waals surface area contributed by atoms with Crippen LogP contribution >= 0.6 is 46.4 Å². The maximum absolute atomic E-state index is 11.1. The average molecular weight is 514 g/mol. The van der Waals surface area contributed by atoms with Crippen molar-refractivity contribution in [1.29, 1.82) is 0 Å². The molecule has 162 valence electrons. The molecule has 0 bridgehead atoms. The predicted octanol–water partition coefficient (Wildman–Crippen LogP) is 5.72. The number of hydrogen-bond acceptors (Lipinski definition) is 10. The van der Waals surface area contributed by atoms with Crippen molar-refractivity contribution >= 4 is 86.9 Å². The summed E-state index contributed by atoms with van der Waals surface area (Å²) in [6.07, 6.45) is 1.27. The zero-order valence-electron chi connectivity index (χ0n) is 15.4. The Balaban J connectivity index is 1.65. The molecule has 0 aliphatic rings. The molecule has 15 heteroatoms. The summed E-state index contributed by atoms with van der Waals surface area (Å²) in [5, 5.41) is 26.3. The molecule has 2 aromatic carbocycles. The number of hydrazone groups is 1. The van der Waals surface area contributed by atoms with E-state index in [9.17, 15) is 10.1 Å². The van der Waals surface area contributed by atoms with Gasteiger partial charge in [-0.3, -0.25) is 15.5 Å². The fourth-order valence-electron chi connectivity index (χ4n) is 2.47. The van der Waals surface area contributed by atoms with Crippen LogP contribution in [0.4, 0.5) is 23.0 Å². The molecule has 4 aromatic rings. The number of nitro benzene ring substituents is 1. The average Bonchev–Trinajstić information content (AvgIpc) is 3.19. The largest absolute Gasteiger partial charge is 0.337 e. The Labute approximate surface area is 198 Å². The van der Waals surface area contributed by atoms with Crippen molar-refractivity contribution in [2.75, 3.05) is 10.7 Å². The number of fused-ring (bicyclic) bond motifs is 1. The van der Waals surface area contributed by atoms with E-state index in [1.54, 1.807) is 18.2 Å². The summed E-state index contributed by atoms with van der Waals surface area (Å²) in [6.45, 7) is 0. The zero-order valence-corrected chi connectivity index (χ0v) is 18.4. The Bertz CT molecular complexity index is 1380. The molecule has 0 saturated heterocycles. The first-order chi connectivity index (χ1) is 15.3. The van der Waals surface area contributed by atoms with Crippen molar-refractivity contribution in [3.63, 3.8) is 0 Å². The van der Waals surface area contributed by atoms with Crippen molar-refractivity contribution in [1.82, 2.24) is 20.3 Å². The first-order valence-corrected chi connectivity index (χ1v) is 9.98. The molecule has 0 unspecified atom stereocenters. The van der Waals surface area contributed by atoms with E-state index < -0.39 is 4.92 Å². The monoisotopic (exact) mass is 512 g/mol. The first-order valence-electron chi connectivity index (χ1n) is 8.46. The SMILES string of the molecule is O=[N+]([O-])c1cc(C=NNc2nc3nonc3nc2Nc2ccc(Cl)c(Cl)c2)c(Cl)cc1Cl. The summed E-state index contributed by atoms with van der Waals surface area (Å²) >= 11 is 23.9. The van der Waals surface area contributed by atoms with E-state index in [0.717, 1.165) is 0 Å². The Morgan fingerprint density at radius 1 is 0.938 bits per heavy atom. The smallest absolute Gasteiger partial charge is 0.288 e. The van der Waals surface area contributed by atoms with E-state index in [0.29, 0.717) is 15.7 Å². The molecule has 0 spiro atoms. The van der Waals surface area contributed by atoms with E-state index in [1.807, 2.05) is 0 Å². The van der Waals surface area contributed by atoms with Crippen molar-refractivity contribution in [2.24, 2.45) is 5.10 Å². The van der Waals surface area contributed by atoms with Crippen LogP contribution in [0.3, 0.4) is 0 Å². The molecule has 2 heterocycles. The highest BCUT2D eigenvalue weighted by Gasteiger charge is 2.16. The van der Waals surface area contributed by atoms with Gasteiger partial charge in [0, 0.05) is 17.3 Å². The van der Waals surface area contributed by atoms with Gasteiger partial charge in [-0.05, 0) is 34.6 Å². The third-order valence-electron chi connectivity index (χ3n) is 3.93.